The quantitative estimate of drug-likeness (QED) is 0.206. The summed E-state index contributed by atoms with van der Waals surface area (Å²) in [6.45, 7) is 17.6. The Kier molecular flexibility index (Phi) is 10.9. The summed E-state index contributed by atoms with van der Waals surface area (Å²) >= 11 is 0. The molecule has 0 N–H and O–H groups in total. The van der Waals surface area contributed by atoms with Gasteiger partial charge in [0.05, 0.1) is 0 Å². The number of ether oxygens (including phenoxy) is 1. The number of nitrogens with zero attached hydrogens (tertiary/aromatic N) is 1. The van der Waals surface area contributed by atoms with Crippen LogP contribution in [-0.4, -0.2) is 38.0 Å². The van der Waals surface area contributed by atoms with Gasteiger partial charge in [-0.3, -0.25) is 0 Å². The fraction of sp³-hybridized carbons (Fsp3) is 0.750. The first-order valence-electron chi connectivity index (χ1n) is 9.91. The van der Waals surface area contributed by atoms with Gasteiger partial charge in [-0.1, -0.05) is 26.3 Å². The van der Waals surface area contributed by atoms with Crippen LogP contribution in [0.5, 0.6) is 0 Å². The fourth-order valence-corrected chi connectivity index (χ4v) is 5.59. The van der Waals surface area contributed by atoms with Crippen molar-refractivity contribution in [2.75, 3.05) is 13.1 Å². The van der Waals surface area contributed by atoms with Crippen molar-refractivity contribution in [3.63, 3.8) is 0 Å². The van der Waals surface area contributed by atoms with E-state index in [0.717, 1.165) is 23.7 Å². The van der Waals surface area contributed by atoms with E-state index in [1.54, 1.807) is 0 Å². The van der Waals surface area contributed by atoms with Gasteiger partial charge < -0.3 is 14.1 Å². The lowest BCUT2D eigenvalue weighted by Crippen LogP contribution is -2.45. The summed E-state index contributed by atoms with van der Waals surface area (Å²) in [4.78, 5) is 14.0. The van der Waals surface area contributed by atoms with Crippen LogP contribution in [0, 0.1) is 0 Å². The first-order chi connectivity index (χ1) is 12.5. The van der Waals surface area contributed by atoms with Gasteiger partial charge in [0, 0.05) is 13.1 Å². The predicted octanol–water partition coefficient (Wildman–Crippen LogP) is 6.71. The SMILES string of the molecule is C=C(C)CCC(C)(OC(=O)N(CC)CC)C(O[Si](CC)(CC)CC)=C(F)F. The number of halogens is 2. The van der Waals surface area contributed by atoms with E-state index >= 15 is 0 Å². The Bertz CT molecular complexity index is 519. The van der Waals surface area contributed by atoms with Gasteiger partial charge in [-0.2, -0.15) is 8.78 Å². The van der Waals surface area contributed by atoms with Crippen LogP contribution in [0.3, 0.4) is 0 Å². The smallest absolute Gasteiger partial charge is 0.410 e. The maximum atomic E-state index is 14.0. The van der Waals surface area contributed by atoms with Crippen LogP contribution in [0.25, 0.3) is 0 Å². The fourth-order valence-electron chi connectivity index (χ4n) is 2.93. The van der Waals surface area contributed by atoms with E-state index in [0.29, 0.717) is 19.5 Å². The number of rotatable bonds is 12. The van der Waals surface area contributed by atoms with E-state index in [9.17, 15) is 13.6 Å². The molecule has 0 aliphatic carbocycles. The predicted molar refractivity (Wildman–Crippen MR) is 109 cm³/mol. The highest BCUT2D eigenvalue weighted by Crippen LogP contribution is 2.37. The lowest BCUT2D eigenvalue weighted by Gasteiger charge is -2.38. The minimum Gasteiger partial charge on any atom is -0.540 e. The third-order valence-electron chi connectivity index (χ3n) is 5.27. The zero-order valence-electron chi connectivity index (χ0n) is 18.1. The summed E-state index contributed by atoms with van der Waals surface area (Å²) in [6.07, 6.45) is -1.87. The van der Waals surface area contributed by atoms with Crippen molar-refractivity contribution < 1.29 is 22.7 Å². The van der Waals surface area contributed by atoms with E-state index in [1.165, 1.54) is 11.8 Å². The summed E-state index contributed by atoms with van der Waals surface area (Å²) in [7, 11) is -2.37. The summed E-state index contributed by atoms with van der Waals surface area (Å²) in [5.74, 6) is -0.485. The summed E-state index contributed by atoms with van der Waals surface area (Å²) in [5, 5.41) is 0. The molecule has 0 aromatic rings. The molecule has 0 aromatic heterocycles. The van der Waals surface area contributed by atoms with Gasteiger partial charge in [-0.05, 0) is 58.7 Å². The largest absolute Gasteiger partial charge is 0.540 e. The molecule has 1 atom stereocenters. The molecule has 0 radical (unpaired) electrons. The van der Waals surface area contributed by atoms with Gasteiger partial charge >= 0.3 is 12.2 Å². The van der Waals surface area contributed by atoms with Crippen molar-refractivity contribution in [1.82, 2.24) is 4.90 Å². The second-order valence-electron chi connectivity index (χ2n) is 7.16. The minimum absolute atomic E-state index is 0.198. The molecule has 0 aromatic carbocycles. The molecule has 0 bridgehead atoms. The topological polar surface area (TPSA) is 38.8 Å². The zero-order chi connectivity index (χ0) is 21.3. The van der Waals surface area contributed by atoms with Crippen LogP contribution in [0.1, 0.15) is 61.3 Å². The Morgan fingerprint density at radius 2 is 1.56 bits per heavy atom. The lowest BCUT2D eigenvalue weighted by molar-refractivity contribution is -0.00596. The van der Waals surface area contributed by atoms with E-state index < -0.39 is 31.9 Å². The molecule has 0 fully saturated rings. The van der Waals surface area contributed by atoms with E-state index in [1.807, 2.05) is 41.5 Å². The van der Waals surface area contributed by atoms with Crippen LogP contribution in [-0.2, 0) is 9.16 Å². The van der Waals surface area contributed by atoms with Crippen molar-refractivity contribution in [3.8, 4) is 0 Å². The van der Waals surface area contributed by atoms with Crippen molar-refractivity contribution in [2.24, 2.45) is 0 Å². The third kappa shape index (κ3) is 7.28. The highest BCUT2D eigenvalue weighted by molar-refractivity contribution is 6.73. The number of allylic oxidation sites excluding steroid dienone is 1. The molecule has 0 aliphatic heterocycles. The average molecular weight is 406 g/mol. The van der Waals surface area contributed by atoms with Crippen LogP contribution < -0.4 is 0 Å². The molecular weight excluding hydrogens is 368 g/mol. The van der Waals surface area contributed by atoms with E-state index in [2.05, 4.69) is 6.58 Å². The Labute approximate surface area is 164 Å². The Balaban J connectivity index is 6.00. The van der Waals surface area contributed by atoms with Crippen LogP contribution >= 0.6 is 0 Å². The Morgan fingerprint density at radius 3 is 1.89 bits per heavy atom. The lowest BCUT2D eigenvalue weighted by atomic mass is 9.95. The van der Waals surface area contributed by atoms with Gasteiger partial charge in [-0.15, -0.1) is 6.58 Å². The zero-order valence-corrected chi connectivity index (χ0v) is 19.1. The normalized spacial score (nSPS) is 13.5. The van der Waals surface area contributed by atoms with Crippen LogP contribution in [0.15, 0.2) is 24.0 Å². The van der Waals surface area contributed by atoms with Gasteiger partial charge in [0.15, 0.2) is 11.4 Å². The minimum atomic E-state index is -2.37. The summed E-state index contributed by atoms with van der Waals surface area (Å²) < 4.78 is 39.7. The standard InChI is InChI=1S/C20H37F2NO3Si/c1-9-23(10-2)19(24)25-20(8,15-14-16(6)7)17(18(21)22)26-27(11-3,12-4)13-5/h6,9-15H2,1-5,7-8H3. The molecule has 0 rings (SSSR count). The summed E-state index contributed by atoms with van der Waals surface area (Å²) in [6, 6.07) is 2.16. The van der Waals surface area contributed by atoms with E-state index in [-0.39, 0.29) is 6.42 Å². The number of carbonyl (C=O) groups is 1. The molecule has 158 valence electrons. The highest BCUT2D eigenvalue weighted by Gasteiger charge is 2.43. The average Bonchev–Trinajstić information content (AvgIpc) is 2.62. The molecule has 1 amide bonds. The van der Waals surface area contributed by atoms with Crippen molar-refractivity contribution in [2.45, 2.75) is 85.0 Å². The maximum Gasteiger partial charge on any atom is 0.410 e. The highest BCUT2D eigenvalue weighted by atomic mass is 28.4. The maximum absolute atomic E-state index is 14.0. The first-order valence-corrected chi connectivity index (χ1v) is 12.4. The van der Waals surface area contributed by atoms with Crippen LogP contribution in [0.4, 0.5) is 13.6 Å². The molecule has 7 heteroatoms. The molecule has 1 unspecified atom stereocenters. The number of hydrogen-bond acceptors (Lipinski definition) is 3. The number of amides is 1. The first kappa shape index (κ1) is 25.6. The molecule has 27 heavy (non-hydrogen) atoms. The molecular formula is C20H37F2NO3Si. The monoisotopic (exact) mass is 405 g/mol. The second-order valence-corrected chi connectivity index (χ2v) is 11.9. The Hall–Kier alpha value is -1.37. The molecule has 0 heterocycles. The van der Waals surface area contributed by atoms with Crippen molar-refractivity contribution >= 4 is 14.4 Å². The molecule has 0 saturated carbocycles. The van der Waals surface area contributed by atoms with Crippen molar-refractivity contribution in [1.29, 1.82) is 0 Å². The third-order valence-corrected chi connectivity index (χ3v) is 9.77. The van der Waals surface area contributed by atoms with Gasteiger partial charge in [0.2, 0.25) is 8.32 Å². The summed E-state index contributed by atoms with van der Waals surface area (Å²) in [5.41, 5.74) is -0.696. The Morgan fingerprint density at radius 1 is 1.07 bits per heavy atom. The van der Waals surface area contributed by atoms with Crippen LogP contribution in [0.2, 0.25) is 18.1 Å². The van der Waals surface area contributed by atoms with Crippen molar-refractivity contribution in [3.05, 3.63) is 24.0 Å². The van der Waals surface area contributed by atoms with Gasteiger partial charge in [-0.25, -0.2) is 4.79 Å². The van der Waals surface area contributed by atoms with Gasteiger partial charge in [0.1, 0.15) is 0 Å². The number of hydrogen-bond donors (Lipinski definition) is 0. The molecule has 0 aliphatic rings. The molecule has 0 saturated heterocycles. The van der Waals surface area contributed by atoms with Gasteiger partial charge in [0.25, 0.3) is 0 Å². The molecule has 4 nitrogen and oxygen atoms in total. The van der Waals surface area contributed by atoms with E-state index in [4.69, 9.17) is 9.16 Å². The number of carbonyl (C=O) groups excluding carboxylic acids is 1. The molecule has 0 spiro atoms. The second kappa shape index (κ2) is 11.5.